The second kappa shape index (κ2) is 5.18. The summed E-state index contributed by atoms with van der Waals surface area (Å²) < 4.78 is 0. The first-order chi connectivity index (χ1) is 6.79. The van der Waals surface area contributed by atoms with Crippen LogP contribution in [-0.2, 0) is 0 Å². The molecule has 0 saturated carbocycles. The maximum Gasteiger partial charge on any atom is 0.0277 e. The van der Waals surface area contributed by atoms with Gasteiger partial charge < -0.3 is 0 Å². The summed E-state index contributed by atoms with van der Waals surface area (Å²) >= 11 is 0. The van der Waals surface area contributed by atoms with E-state index in [1.807, 2.05) is 24.3 Å². The zero-order chi connectivity index (χ0) is 10.4. The SMILES string of the molecule is C=C/C(=C\C=N/C)c1ccccc1C. The number of allylic oxidation sites excluding steroid dienone is 3. The Balaban J connectivity index is 3.13. The van der Waals surface area contributed by atoms with Crippen LogP contribution in [0, 0.1) is 6.92 Å². The quantitative estimate of drug-likeness (QED) is 0.506. The fourth-order valence-corrected chi connectivity index (χ4v) is 1.32. The lowest BCUT2D eigenvalue weighted by atomic mass is 10.0. The molecule has 0 unspecified atom stereocenters. The van der Waals surface area contributed by atoms with Crippen molar-refractivity contribution in [3.8, 4) is 0 Å². The Labute approximate surface area is 85.5 Å². The summed E-state index contributed by atoms with van der Waals surface area (Å²) in [5.74, 6) is 0. The molecule has 1 nitrogen and oxygen atoms in total. The van der Waals surface area contributed by atoms with Crippen molar-refractivity contribution in [2.75, 3.05) is 7.05 Å². The molecule has 0 saturated heterocycles. The van der Waals surface area contributed by atoms with E-state index < -0.39 is 0 Å². The van der Waals surface area contributed by atoms with Gasteiger partial charge >= 0.3 is 0 Å². The zero-order valence-electron chi connectivity index (χ0n) is 8.70. The van der Waals surface area contributed by atoms with Crippen molar-refractivity contribution in [2.45, 2.75) is 6.92 Å². The summed E-state index contributed by atoms with van der Waals surface area (Å²) in [6.07, 6.45) is 5.60. The van der Waals surface area contributed by atoms with Crippen molar-refractivity contribution in [1.29, 1.82) is 0 Å². The van der Waals surface area contributed by atoms with E-state index >= 15 is 0 Å². The van der Waals surface area contributed by atoms with Gasteiger partial charge in [-0.2, -0.15) is 0 Å². The minimum atomic E-state index is 1.11. The molecule has 0 aliphatic heterocycles. The molecule has 72 valence electrons. The third kappa shape index (κ3) is 2.43. The van der Waals surface area contributed by atoms with Gasteiger partial charge in [0.1, 0.15) is 0 Å². The highest BCUT2D eigenvalue weighted by Gasteiger charge is 1.98. The van der Waals surface area contributed by atoms with Crippen molar-refractivity contribution in [3.05, 3.63) is 54.1 Å². The van der Waals surface area contributed by atoms with Crippen LogP contribution in [0.3, 0.4) is 0 Å². The second-order valence-electron chi connectivity index (χ2n) is 3.05. The number of rotatable bonds is 3. The van der Waals surface area contributed by atoms with Crippen LogP contribution in [0.25, 0.3) is 5.57 Å². The first-order valence-corrected chi connectivity index (χ1v) is 4.60. The standard InChI is InChI=1S/C13H15N/c1-4-12(9-10-14-3)13-8-6-5-7-11(13)2/h4-10H,1H2,2-3H3/b12-9+,14-10-. The molecule has 0 radical (unpaired) electrons. The summed E-state index contributed by atoms with van der Waals surface area (Å²) in [5, 5.41) is 0. The molecule has 0 fully saturated rings. The van der Waals surface area contributed by atoms with Crippen molar-refractivity contribution >= 4 is 11.8 Å². The van der Waals surface area contributed by atoms with Gasteiger partial charge in [0, 0.05) is 13.3 Å². The highest BCUT2D eigenvalue weighted by molar-refractivity contribution is 5.88. The highest BCUT2D eigenvalue weighted by atomic mass is 14.6. The number of hydrogen-bond acceptors (Lipinski definition) is 1. The van der Waals surface area contributed by atoms with E-state index in [1.54, 1.807) is 13.3 Å². The summed E-state index contributed by atoms with van der Waals surface area (Å²) in [4.78, 5) is 3.93. The Hall–Kier alpha value is -1.63. The average Bonchev–Trinajstić information content (AvgIpc) is 2.21. The first kappa shape index (κ1) is 10.5. The van der Waals surface area contributed by atoms with Gasteiger partial charge in [-0.25, -0.2) is 0 Å². The maximum absolute atomic E-state index is 3.93. The zero-order valence-corrected chi connectivity index (χ0v) is 8.70. The summed E-state index contributed by atoms with van der Waals surface area (Å²) in [5.41, 5.74) is 3.57. The molecule has 1 aromatic carbocycles. The van der Waals surface area contributed by atoms with Crippen LogP contribution in [0.4, 0.5) is 0 Å². The largest absolute Gasteiger partial charge is 0.296 e. The number of nitrogens with zero attached hydrogens (tertiary/aromatic N) is 1. The minimum absolute atomic E-state index is 1.11. The molecule has 0 spiro atoms. The average molecular weight is 185 g/mol. The molecule has 1 heteroatoms. The van der Waals surface area contributed by atoms with Crippen LogP contribution < -0.4 is 0 Å². The first-order valence-electron chi connectivity index (χ1n) is 4.60. The number of hydrogen-bond donors (Lipinski definition) is 0. The topological polar surface area (TPSA) is 12.4 Å². The van der Waals surface area contributed by atoms with Crippen LogP contribution in [-0.4, -0.2) is 13.3 Å². The normalized spacial score (nSPS) is 12.0. The molecule has 0 N–H and O–H groups in total. The van der Waals surface area contributed by atoms with E-state index in [4.69, 9.17) is 0 Å². The number of aryl methyl sites for hydroxylation is 1. The fraction of sp³-hybridized carbons (Fsp3) is 0.154. The molecule has 0 aliphatic rings. The summed E-state index contributed by atoms with van der Waals surface area (Å²) in [7, 11) is 1.76. The van der Waals surface area contributed by atoms with Gasteiger partial charge in [-0.3, -0.25) is 4.99 Å². The van der Waals surface area contributed by atoms with E-state index in [0.717, 1.165) is 5.57 Å². The van der Waals surface area contributed by atoms with Gasteiger partial charge in [-0.15, -0.1) is 0 Å². The molecule has 0 bridgehead atoms. The van der Waals surface area contributed by atoms with Crippen LogP contribution in [0.2, 0.25) is 0 Å². The molecular formula is C13H15N. The Morgan fingerprint density at radius 3 is 2.64 bits per heavy atom. The molecule has 0 heterocycles. The van der Waals surface area contributed by atoms with E-state index in [0.29, 0.717) is 0 Å². The molecule has 14 heavy (non-hydrogen) atoms. The predicted molar refractivity (Wildman–Crippen MR) is 63.8 cm³/mol. The Bertz CT molecular complexity index is 373. The van der Waals surface area contributed by atoms with Gasteiger partial charge in [-0.1, -0.05) is 36.9 Å². The van der Waals surface area contributed by atoms with Gasteiger partial charge in [0.2, 0.25) is 0 Å². The molecule has 0 aliphatic carbocycles. The van der Waals surface area contributed by atoms with Crippen LogP contribution in [0.5, 0.6) is 0 Å². The van der Waals surface area contributed by atoms with Gasteiger partial charge in [0.15, 0.2) is 0 Å². The summed E-state index contributed by atoms with van der Waals surface area (Å²) in [6, 6.07) is 8.25. The molecule has 0 amide bonds. The van der Waals surface area contributed by atoms with Crippen LogP contribution >= 0.6 is 0 Å². The van der Waals surface area contributed by atoms with Crippen molar-refractivity contribution in [3.63, 3.8) is 0 Å². The third-order valence-corrected chi connectivity index (χ3v) is 2.08. The summed E-state index contributed by atoms with van der Waals surface area (Å²) in [6.45, 7) is 5.89. The van der Waals surface area contributed by atoms with E-state index in [-0.39, 0.29) is 0 Å². The van der Waals surface area contributed by atoms with Gasteiger partial charge in [-0.05, 0) is 29.7 Å². The van der Waals surface area contributed by atoms with E-state index in [1.165, 1.54) is 11.1 Å². The third-order valence-electron chi connectivity index (χ3n) is 2.08. The van der Waals surface area contributed by atoms with Gasteiger partial charge in [0.05, 0.1) is 0 Å². The Kier molecular flexibility index (Phi) is 3.86. The maximum atomic E-state index is 3.93. The Morgan fingerprint density at radius 2 is 2.07 bits per heavy atom. The lowest BCUT2D eigenvalue weighted by molar-refractivity contribution is 1.43. The lowest BCUT2D eigenvalue weighted by Gasteiger charge is -2.04. The molecule has 1 rings (SSSR count). The van der Waals surface area contributed by atoms with Crippen molar-refractivity contribution < 1.29 is 0 Å². The molecule has 1 aromatic rings. The van der Waals surface area contributed by atoms with Crippen molar-refractivity contribution in [2.24, 2.45) is 4.99 Å². The minimum Gasteiger partial charge on any atom is -0.296 e. The second-order valence-corrected chi connectivity index (χ2v) is 3.05. The van der Waals surface area contributed by atoms with E-state index in [2.05, 4.69) is 30.6 Å². The Morgan fingerprint density at radius 1 is 1.36 bits per heavy atom. The van der Waals surface area contributed by atoms with Gasteiger partial charge in [0.25, 0.3) is 0 Å². The van der Waals surface area contributed by atoms with Crippen molar-refractivity contribution in [1.82, 2.24) is 0 Å². The number of aliphatic imine (C=N–C) groups is 1. The number of benzene rings is 1. The molecule has 0 aromatic heterocycles. The predicted octanol–water partition coefficient (Wildman–Crippen LogP) is 3.27. The van der Waals surface area contributed by atoms with Crippen LogP contribution in [0.15, 0.2) is 48.0 Å². The van der Waals surface area contributed by atoms with Crippen LogP contribution in [0.1, 0.15) is 11.1 Å². The van der Waals surface area contributed by atoms with E-state index in [9.17, 15) is 0 Å². The fourth-order valence-electron chi connectivity index (χ4n) is 1.32. The molecule has 0 atom stereocenters. The smallest absolute Gasteiger partial charge is 0.0277 e. The lowest BCUT2D eigenvalue weighted by Crippen LogP contribution is -1.85. The molecular weight excluding hydrogens is 170 g/mol. The highest BCUT2D eigenvalue weighted by Crippen LogP contribution is 2.18. The monoisotopic (exact) mass is 185 g/mol.